The Hall–Kier alpha value is -2.08. The Morgan fingerprint density at radius 3 is 2.42 bits per heavy atom. The standard InChI is InChI=1S/C23H29F3O5/c1-6-7-13-18(21(4)15-14-17(31-21)20(2,3)28)30-19(27)22(29-5,23(24,25)26)16-11-9-8-10-12-16/h1,8-12,17-18,28H,7,13-15H2,2-5H3/t17-,18-,21+,22+/m1/s1. The van der Waals surface area contributed by atoms with E-state index in [-0.39, 0.29) is 12.8 Å². The van der Waals surface area contributed by atoms with Crippen molar-refractivity contribution in [2.45, 2.75) is 81.6 Å². The molecule has 0 bridgehead atoms. The van der Waals surface area contributed by atoms with Gasteiger partial charge in [-0.05, 0) is 40.0 Å². The molecule has 1 aliphatic heterocycles. The summed E-state index contributed by atoms with van der Waals surface area (Å²) in [7, 11) is 0.816. The number of terminal acetylenes is 1. The van der Waals surface area contributed by atoms with Gasteiger partial charge < -0.3 is 19.3 Å². The fourth-order valence-electron chi connectivity index (χ4n) is 3.90. The first-order valence-corrected chi connectivity index (χ1v) is 10.0. The molecule has 0 aliphatic carbocycles. The Bertz CT molecular complexity index is 796. The number of carbonyl (C=O) groups excluding carboxylic acids is 1. The molecule has 31 heavy (non-hydrogen) atoms. The van der Waals surface area contributed by atoms with Crippen molar-refractivity contribution in [3.05, 3.63) is 35.9 Å². The van der Waals surface area contributed by atoms with Gasteiger partial charge in [-0.15, -0.1) is 12.3 Å². The molecule has 2 rings (SSSR count). The number of halogens is 3. The summed E-state index contributed by atoms with van der Waals surface area (Å²) in [6.45, 7) is 4.82. The van der Waals surface area contributed by atoms with Crippen molar-refractivity contribution in [2.24, 2.45) is 0 Å². The van der Waals surface area contributed by atoms with E-state index in [1.807, 2.05) is 0 Å². The molecule has 4 atom stereocenters. The summed E-state index contributed by atoms with van der Waals surface area (Å²) in [6.07, 6.45) is -0.263. The molecule has 172 valence electrons. The van der Waals surface area contributed by atoms with Crippen LogP contribution in [0.25, 0.3) is 0 Å². The molecule has 0 aromatic heterocycles. The topological polar surface area (TPSA) is 65.0 Å². The number of aliphatic hydroxyl groups is 1. The minimum Gasteiger partial charge on any atom is -0.457 e. The van der Waals surface area contributed by atoms with E-state index in [2.05, 4.69) is 5.92 Å². The zero-order valence-corrected chi connectivity index (χ0v) is 18.2. The van der Waals surface area contributed by atoms with Gasteiger partial charge in [-0.1, -0.05) is 30.3 Å². The lowest BCUT2D eigenvalue weighted by molar-refractivity contribution is -0.282. The Morgan fingerprint density at radius 2 is 1.97 bits per heavy atom. The fraction of sp³-hybridized carbons (Fsp3) is 0.609. The summed E-state index contributed by atoms with van der Waals surface area (Å²) in [5, 5.41) is 10.3. The molecule has 1 saturated heterocycles. The van der Waals surface area contributed by atoms with Gasteiger partial charge in [0.15, 0.2) is 0 Å². The predicted octanol–water partition coefficient (Wildman–Crippen LogP) is 4.12. The Balaban J connectivity index is 2.41. The van der Waals surface area contributed by atoms with Crippen molar-refractivity contribution >= 4 is 5.97 Å². The first-order valence-electron chi connectivity index (χ1n) is 10.0. The third-order valence-electron chi connectivity index (χ3n) is 5.76. The van der Waals surface area contributed by atoms with E-state index >= 15 is 0 Å². The van der Waals surface area contributed by atoms with Crippen LogP contribution < -0.4 is 0 Å². The fourth-order valence-corrected chi connectivity index (χ4v) is 3.90. The molecule has 0 amide bonds. The second-order valence-electron chi connectivity index (χ2n) is 8.50. The highest BCUT2D eigenvalue weighted by Crippen LogP contribution is 2.45. The van der Waals surface area contributed by atoms with Crippen molar-refractivity contribution in [1.29, 1.82) is 0 Å². The Morgan fingerprint density at radius 1 is 1.35 bits per heavy atom. The molecule has 1 fully saturated rings. The highest BCUT2D eigenvalue weighted by Gasteiger charge is 2.65. The van der Waals surface area contributed by atoms with Crippen molar-refractivity contribution in [3.8, 4) is 12.3 Å². The molecule has 1 aromatic rings. The summed E-state index contributed by atoms with van der Waals surface area (Å²) in [5.41, 5.74) is -5.96. The molecule has 0 spiro atoms. The molecular weight excluding hydrogens is 413 g/mol. The van der Waals surface area contributed by atoms with E-state index in [1.165, 1.54) is 18.2 Å². The summed E-state index contributed by atoms with van der Waals surface area (Å²) in [4.78, 5) is 13.1. The third-order valence-corrected chi connectivity index (χ3v) is 5.76. The average Bonchev–Trinajstić information content (AvgIpc) is 3.09. The lowest BCUT2D eigenvalue weighted by Gasteiger charge is -2.38. The zero-order chi connectivity index (χ0) is 23.5. The highest BCUT2D eigenvalue weighted by atomic mass is 19.4. The number of methoxy groups -OCH3 is 1. The largest absolute Gasteiger partial charge is 0.457 e. The molecule has 1 aliphatic rings. The summed E-state index contributed by atoms with van der Waals surface area (Å²) >= 11 is 0. The average molecular weight is 442 g/mol. The molecule has 1 aromatic carbocycles. The number of ether oxygens (including phenoxy) is 3. The summed E-state index contributed by atoms with van der Waals surface area (Å²) < 4.78 is 58.8. The van der Waals surface area contributed by atoms with Gasteiger partial charge in [0.1, 0.15) is 11.7 Å². The first-order chi connectivity index (χ1) is 14.3. The van der Waals surface area contributed by atoms with Crippen LogP contribution in [0.15, 0.2) is 30.3 Å². The lowest BCUT2D eigenvalue weighted by Crippen LogP contribution is -2.54. The smallest absolute Gasteiger partial charge is 0.432 e. The van der Waals surface area contributed by atoms with Gasteiger partial charge in [-0.3, -0.25) is 0 Å². The van der Waals surface area contributed by atoms with Gasteiger partial charge in [-0.2, -0.15) is 13.2 Å². The minimum atomic E-state index is -5.08. The van der Waals surface area contributed by atoms with Gasteiger partial charge in [0.2, 0.25) is 0 Å². The maximum absolute atomic E-state index is 14.2. The second-order valence-corrected chi connectivity index (χ2v) is 8.50. The van der Waals surface area contributed by atoms with Crippen LogP contribution in [0.1, 0.15) is 52.0 Å². The van der Waals surface area contributed by atoms with Gasteiger partial charge >= 0.3 is 12.1 Å². The molecule has 1 N–H and O–H groups in total. The molecule has 1 heterocycles. The van der Waals surface area contributed by atoms with Crippen LogP contribution in [0.5, 0.6) is 0 Å². The van der Waals surface area contributed by atoms with Crippen LogP contribution in [0, 0.1) is 12.3 Å². The minimum absolute atomic E-state index is 0.101. The summed E-state index contributed by atoms with van der Waals surface area (Å²) in [5.74, 6) is 0.828. The Labute approximate surface area is 180 Å². The van der Waals surface area contributed by atoms with Crippen LogP contribution in [0.3, 0.4) is 0 Å². The van der Waals surface area contributed by atoms with Crippen molar-refractivity contribution in [1.82, 2.24) is 0 Å². The second kappa shape index (κ2) is 9.19. The monoisotopic (exact) mass is 442 g/mol. The third kappa shape index (κ3) is 5.05. The van der Waals surface area contributed by atoms with Crippen LogP contribution in [0.4, 0.5) is 13.2 Å². The van der Waals surface area contributed by atoms with Crippen molar-refractivity contribution < 1.29 is 37.3 Å². The van der Waals surface area contributed by atoms with Crippen molar-refractivity contribution in [2.75, 3.05) is 7.11 Å². The molecule has 8 heteroatoms. The maximum atomic E-state index is 14.2. The van der Waals surface area contributed by atoms with E-state index in [0.29, 0.717) is 12.8 Å². The van der Waals surface area contributed by atoms with Gasteiger partial charge in [-0.25, -0.2) is 4.79 Å². The van der Waals surface area contributed by atoms with E-state index in [9.17, 15) is 23.1 Å². The number of benzene rings is 1. The van der Waals surface area contributed by atoms with Crippen molar-refractivity contribution in [3.63, 3.8) is 0 Å². The number of alkyl halides is 3. The van der Waals surface area contributed by atoms with E-state index in [4.69, 9.17) is 20.6 Å². The van der Waals surface area contributed by atoms with Crippen LogP contribution in [0.2, 0.25) is 0 Å². The number of rotatable bonds is 8. The predicted molar refractivity (Wildman–Crippen MR) is 108 cm³/mol. The first kappa shape index (κ1) is 25.2. The Kier molecular flexibility index (Phi) is 7.47. The molecule has 0 saturated carbocycles. The normalized spacial score (nSPS) is 24.8. The van der Waals surface area contributed by atoms with Crippen LogP contribution in [-0.2, 0) is 24.6 Å². The molecule has 5 nitrogen and oxygen atoms in total. The number of carbonyl (C=O) groups is 1. The quantitative estimate of drug-likeness (QED) is 0.485. The lowest BCUT2D eigenvalue weighted by atomic mass is 9.89. The molecular formula is C23H29F3O5. The van der Waals surface area contributed by atoms with E-state index in [1.54, 1.807) is 20.8 Å². The SMILES string of the molecule is C#CCC[C@@H](OC(=O)[C@@](OC)(c1ccccc1)C(F)(F)F)[C@]1(C)CC[C@H](C(C)(C)O)O1. The highest BCUT2D eigenvalue weighted by molar-refractivity contribution is 5.83. The van der Waals surface area contributed by atoms with Gasteiger partial charge in [0.25, 0.3) is 5.60 Å². The van der Waals surface area contributed by atoms with Gasteiger partial charge in [0.05, 0.1) is 11.7 Å². The van der Waals surface area contributed by atoms with E-state index < -0.39 is 46.7 Å². The summed E-state index contributed by atoms with van der Waals surface area (Å²) in [6, 6.07) is 6.62. The maximum Gasteiger partial charge on any atom is 0.432 e. The molecule has 0 unspecified atom stereocenters. The zero-order valence-electron chi connectivity index (χ0n) is 18.2. The molecule has 0 radical (unpaired) electrons. The number of esters is 1. The van der Waals surface area contributed by atoms with Crippen LogP contribution >= 0.6 is 0 Å². The number of hydrogen-bond acceptors (Lipinski definition) is 5. The van der Waals surface area contributed by atoms with E-state index in [0.717, 1.165) is 19.2 Å². The number of hydrogen-bond donors (Lipinski definition) is 1. The van der Waals surface area contributed by atoms with Crippen LogP contribution in [-0.4, -0.2) is 47.8 Å². The van der Waals surface area contributed by atoms with Gasteiger partial charge in [0, 0.05) is 19.1 Å².